The Bertz CT molecular complexity index is 230. The molecule has 1 saturated heterocycles. The molecule has 15 heavy (non-hydrogen) atoms. The summed E-state index contributed by atoms with van der Waals surface area (Å²) in [6, 6.07) is 0. The molecule has 1 N–H and O–H groups in total. The molecule has 0 aromatic carbocycles. The molecule has 1 aliphatic heterocycles. The van der Waals surface area contributed by atoms with Crippen LogP contribution in [-0.4, -0.2) is 25.7 Å². The van der Waals surface area contributed by atoms with Crippen LogP contribution in [0.3, 0.4) is 0 Å². The molecular formula is C12H21NO2. The minimum absolute atomic E-state index is 0.0878. The first-order valence-corrected chi connectivity index (χ1v) is 5.54. The Morgan fingerprint density at radius 2 is 2.13 bits per heavy atom. The van der Waals surface area contributed by atoms with E-state index in [1.807, 2.05) is 0 Å². The van der Waals surface area contributed by atoms with Crippen LogP contribution in [0.2, 0.25) is 0 Å². The molecule has 1 fully saturated rings. The minimum Gasteiger partial charge on any atom is -0.381 e. The number of carbonyl (C=O) groups is 1. The van der Waals surface area contributed by atoms with E-state index < -0.39 is 0 Å². The Hall–Kier alpha value is -0.830. The summed E-state index contributed by atoms with van der Waals surface area (Å²) >= 11 is 0. The first kappa shape index (κ1) is 12.2. The third kappa shape index (κ3) is 3.67. The molecule has 1 heterocycles. The van der Waals surface area contributed by atoms with E-state index in [1.165, 1.54) is 6.08 Å². The summed E-state index contributed by atoms with van der Waals surface area (Å²) in [5.41, 5.74) is 0.141. The lowest BCUT2D eigenvalue weighted by molar-refractivity contribution is -0.117. The van der Waals surface area contributed by atoms with Crippen LogP contribution in [0.25, 0.3) is 0 Å². The molecule has 86 valence electrons. The van der Waals surface area contributed by atoms with Crippen LogP contribution in [-0.2, 0) is 9.53 Å². The first-order chi connectivity index (χ1) is 7.06. The second-order valence-electron chi connectivity index (χ2n) is 4.80. The van der Waals surface area contributed by atoms with Gasteiger partial charge in [-0.2, -0.15) is 0 Å². The van der Waals surface area contributed by atoms with Crippen LogP contribution in [0.15, 0.2) is 12.7 Å². The maximum atomic E-state index is 11.1. The molecule has 0 saturated carbocycles. The van der Waals surface area contributed by atoms with Crippen molar-refractivity contribution in [2.45, 2.75) is 26.7 Å². The Kier molecular flexibility index (Phi) is 4.33. The molecule has 0 aromatic heterocycles. The van der Waals surface area contributed by atoms with Gasteiger partial charge in [0, 0.05) is 19.8 Å². The normalized spacial score (nSPS) is 18.5. The average Bonchev–Trinajstić information content (AvgIpc) is 2.27. The van der Waals surface area contributed by atoms with Gasteiger partial charge in [-0.1, -0.05) is 20.4 Å². The molecule has 0 unspecified atom stereocenters. The molecular weight excluding hydrogens is 190 g/mol. The van der Waals surface area contributed by atoms with Crippen molar-refractivity contribution in [3.05, 3.63) is 12.7 Å². The van der Waals surface area contributed by atoms with E-state index in [2.05, 4.69) is 25.7 Å². The molecule has 0 radical (unpaired) electrons. The quantitative estimate of drug-likeness (QED) is 0.719. The summed E-state index contributed by atoms with van der Waals surface area (Å²) < 4.78 is 5.34. The van der Waals surface area contributed by atoms with E-state index in [0.29, 0.717) is 12.5 Å². The Labute approximate surface area is 91.9 Å². The minimum atomic E-state index is -0.0878. The van der Waals surface area contributed by atoms with Crippen molar-refractivity contribution in [1.29, 1.82) is 0 Å². The van der Waals surface area contributed by atoms with Gasteiger partial charge in [0.25, 0.3) is 0 Å². The van der Waals surface area contributed by atoms with Crippen molar-refractivity contribution in [3.8, 4) is 0 Å². The van der Waals surface area contributed by atoms with Crippen molar-refractivity contribution in [2.75, 3.05) is 19.8 Å². The van der Waals surface area contributed by atoms with Gasteiger partial charge in [0.05, 0.1) is 0 Å². The fourth-order valence-electron chi connectivity index (χ4n) is 2.01. The van der Waals surface area contributed by atoms with Crippen LogP contribution in [0.4, 0.5) is 0 Å². The highest BCUT2D eigenvalue weighted by molar-refractivity contribution is 5.86. The Balaban J connectivity index is 2.41. The van der Waals surface area contributed by atoms with Gasteiger partial charge in [-0.15, -0.1) is 0 Å². The molecule has 0 bridgehead atoms. The molecule has 1 amide bonds. The molecule has 1 rings (SSSR count). The summed E-state index contributed by atoms with van der Waals surface area (Å²) in [4.78, 5) is 11.1. The molecule has 1 aliphatic rings. The molecule has 0 spiro atoms. The molecule has 0 aromatic rings. The number of nitrogens with one attached hydrogen (secondary N) is 1. The summed E-state index contributed by atoms with van der Waals surface area (Å²) in [6.07, 6.45) is 3.51. The number of carbonyl (C=O) groups excluding carboxylic acids is 1. The molecule has 3 nitrogen and oxygen atoms in total. The summed E-state index contributed by atoms with van der Waals surface area (Å²) in [5.74, 6) is 0.548. The van der Waals surface area contributed by atoms with Gasteiger partial charge in [-0.05, 0) is 30.3 Å². The monoisotopic (exact) mass is 211 g/mol. The van der Waals surface area contributed by atoms with Crippen molar-refractivity contribution < 1.29 is 9.53 Å². The van der Waals surface area contributed by atoms with E-state index in [1.54, 1.807) is 0 Å². The second kappa shape index (κ2) is 5.31. The van der Waals surface area contributed by atoms with Crippen molar-refractivity contribution >= 4 is 5.91 Å². The summed E-state index contributed by atoms with van der Waals surface area (Å²) in [7, 11) is 0. The van der Waals surface area contributed by atoms with Gasteiger partial charge in [0.1, 0.15) is 0 Å². The highest BCUT2D eigenvalue weighted by Gasteiger charge is 2.30. The maximum absolute atomic E-state index is 11.1. The topological polar surface area (TPSA) is 38.3 Å². The van der Waals surface area contributed by atoms with E-state index in [9.17, 15) is 4.79 Å². The predicted molar refractivity (Wildman–Crippen MR) is 60.5 cm³/mol. The summed E-state index contributed by atoms with van der Waals surface area (Å²) in [5, 5.41) is 2.87. The fraction of sp³-hybridized carbons (Fsp3) is 0.750. The van der Waals surface area contributed by atoms with Crippen LogP contribution in [0.1, 0.15) is 26.7 Å². The Morgan fingerprint density at radius 1 is 1.53 bits per heavy atom. The number of rotatable bonds is 4. The number of hydrogen-bond donors (Lipinski definition) is 1. The zero-order chi connectivity index (χ0) is 11.3. The first-order valence-electron chi connectivity index (χ1n) is 5.54. The zero-order valence-corrected chi connectivity index (χ0v) is 9.71. The van der Waals surface area contributed by atoms with Gasteiger partial charge in [-0.3, -0.25) is 4.79 Å². The third-order valence-electron chi connectivity index (χ3n) is 3.23. The molecule has 3 heteroatoms. The van der Waals surface area contributed by atoms with Gasteiger partial charge in [0.15, 0.2) is 0 Å². The van der Waals surface area contributed by atoms with Crippen molar-refractivity contribution in [3.63, 3.8) is 0 Å². The average molecular weight is 211 g/mol. The SMILES string of the molecule is C=CC(=O)NCC(C)(C)C1CCOCC1. The van der Waals surface area contributed by atoms with Gasteiger partial charge < -0.3 is 10.1 Å². The highest BCUT2D eigenvalue weighted by Crippen LogP contribution is 2.33. The highest BCUT2D eigenvalue weighted by atomic mass is 16.5. The standard InChI is InChI=1S/C12H21NO2/c1-4-11(14)13-9-12(2,3)10-5-7-15-8-6-10/h4,10H,1,5-9H2,2-3H3,(H,13,14). The van der Waals surface area contributed by atoms with E-state index in [0.717, 1.165) is 26.1 Å². The number of amides is 1. The lowest BCUT2D eigenvalue weighted by Crippen LogP contribution is -2.40. The third-order valence-corrected chi connectivity index (χ3v) is 3.23. The lowest BCUT2D eigenvalue weighted by Gasteiger charge is -2.36. The van der Waals surface area contributed by atoms with E-state index >= 15 is 0 Å². The second-order valence-corrected chi connectivity index (χ2v) is 4.80. The molecule has 0 aliphatic carbocycles. The zero-order valence-electron chi connectivity index (χ0n) is 9.71. The maximum Gasteiger partial charge on any atom is 0.243 e. The van der Waals surface area contributed by atoms with Gasteiger partial charge >= 0.3 is 0 Å². The predicted octanol–water partition coefficient (Wildman–Crippen LogP) is 1.74. The smallest absolute Gasteiger partial charge is 0.243 e. The van der Waals surface area contributed by atoms with Gasteiger partial charge in [0.2, 0.25) is 5.91 Å². The van der Waals surface area contributed by atoms with Crippen LogP contribution in [0, 0.1) is 11.3 Å². The van der Waals surface area contributed by atoms with Crippen LogP contribution < -0.4 is 5.32 Å². The largest absolute Gasteiger partial charge is 0.381 e. The van der Waals surface area contributed by atoms with Crippen LogP contribution >= 0.6 is 0 Å². The van der Waals surface area contributed by atoms with E-state index in [-0.39, 0.29) is 11.3 Å². The molecule has 0 atom stereocenters. The number of hydrogen-bond acceptors (Lipinski definition) is 2. The number of ether oxygens (including phenoxy) is 1. The van der Waals surface area contributed by atoms with Crippen LogP contribution in [0.5, 0.6) is 0 Å². The summed E-state index contributed by atoms with van der Waals surface area (Å²) in [6.45, 7) is 10.3. The van der Waals surface area contributed by atoms with E-state index in [4.69, 9.17) is 4.74 Å². The Morgan fingerprint density at radius 3 is 2.67 bits per heavy atom. The van der Waals surface area contributed by atoms with Gasteiger partial charge in [-0.25, -0.2) is 0 Å². The van der Waals surface area contributed by atoms with Crippen molar-refractivity contribution in [1.82, 2.24) is 5.32 Å². The lowest BCUT2D eigenvalue weighted by atomic mass is 9.74. The fourth-order valence-corrected chi connectivity index (χ4v) is 2.01. The van der Waals surface area contributed by atoms with Crippen molar-refractivity contribution in [2.24, 2.45) is 11.3 Å².